The van der Waals surface area contributed by atoms with Crippen molar-refractivity contribution in [1.82, 2.24) is 29.4 Å². The highest BCUT2D eigenvalue weighted by molar-refractivity contribution is 5.78. The van der Waals surface area contributed by atoms with E-state index in [1.54, 1.807) is 19.0 Å². The number of hydrogen-bond acceptors (Lipinski definition) is 24. The zero-order chi connectivity index (χ0) is 117. The summed E-state index contributed by atoms with van der Waals surface area (Å²) < 4.78 is 71.9. The van der Waals surface area contributed by atoms with Gasteiger partial charge in [-0.2, -0.15) is 0 Å². The topological polar surface area (TPSA) is 346 Å². The average Bonchev–Trinajstić information content (AvgIpc) is 1.76. The first kappa shape index (κ1) is 160. The molecular weight excluding hydrogens is 1890 g/mol. The lowest BCUT2D eigenvalue weighted by Gasteiger charge is -2.26. The van der Waals surface area contributed by atoms with Crippen molar-refractivity contribution < 1.29 is 90.3 Å². The number of ether oxygens (including phenoxy) is 13. The van der Waals surface area contributed by atoms with Crippen LogP contribution < -0.4 is 22.9 Å². The monoisotopic (exact) mass is 2140 g/mol. The van der Waals surface area contributed by atoms with Crippen LogP contribution in [0, 0.1) is 5.92 Å². The molecule has 0 unspecified atom stereocenters. The van der Waals surface area contributed by atoms with Crippen molar-refractivity contribution in [2.75, 3.05) is 207 Å². The number of carbonyl (C=O) groups is 6. The molecule has 0 aromatic carbocycles. The summed E-state index contributed by atoms with van der Waals surface area (Å²) in [5.74, 6) is 0.292. The zero-order valence-electron chi connectivity index (χ0n) is 106. The molecule has 29 nitrogen and oxygen atoms in total. The van der Waals surface area contributed by atoms with Crippen molar-refractivity contribution in [2.24, 2.45) is 28.9 Å². The summed E-state index contributed by atoms with van der Waals surface area (Å²) in [6.07, 6.45) is 33.2. The van der Waals surface area contributed by atoms with Gasteiger partial charge in [0, 0.05) is 145 Å². The third kappa shape index (κ3) is 167. The quantitative estimate of drug-likeness (QED) is 0.0411. The standard InChI is InChI=1S/C12H25NO2.C12H25NO.C12H24O2.C11H23NO.C10H21NO2.C10H21NO.C10H23NO.C10H20O2.C9H19NO2.C9H21NO.C8H17NO2.C7H15NO2/c1-12(2,3)15-10-8-6-7-9-11(14)13(4)5;1-12(2,3)14-11-7-6-10-13-8-4-5-9-13;1-5-11(13)9-7-6-8-10-14-12(2,3)4;1-11(2,3)13-10-6-9-12-7-4-5-8-12;1-10(2,3)13-8-6-4-5-7-9(11)12;1-10(2,3)12-9-8-11-6-4-5-7-11;1-10(2,3)12-9-7-6-8-11(4)5;1-10(2,3)12-8-9-4-6-11-7-5-9;1-9(2,3)12-7-5-4-6-8(10)11;1-9(2,3)11-8-6-7-10(4)5;1-8(2,3)11-6-4-5-7(9)10;1-7(2,3)10-5-4-6(8)9/h6-10H2,1-5H3;4-11H2,1-3H3;5-10H2,1-4H3;4-10H2,1-3H3;4-8H2,1-3H3,(H2,11,12);4-9H2,1-3H3;6-9H2,1-5H3;9H,4-8H2,1-3H3;4-7H2,1-3H3,(H2,10,11);6-8H2,1-5H3;4-6H2,1-3H3,(H2,9,10);4-5H2,1-3H3,(H2,8,9). The Morgan fingerprint density at radius 1 is 0.255 bits per heavy atom. The predicted molar refractivity (Wildman–Crippen MR) is 628 cm³/mol. The van der Waals surface area contributed by atoms with Crippen molar-refractivity contribution in [2.45, 2.75) is 535 Å². The predicted octanol–water partition coefficient (Wildman–Crippen LogP) is 23.8. The minimum atomic E-state index is -0.316. The number of ketones is 1. The highest BCUT2D eigenvalue weighted by Crippen LogP contribution is 2.22. The largest absolute Gasteiger partial charge is 0.381 e. The van der Waals surface area contributed by atoms with E-state index in [1.807, 2.05) is 90.0 Å². The molecule has 0 bridgehead atoms. The molecule has 898 valence electrons. The normalized spacial score (nSPS) is 14.6. The summed E-state index contributed by atoms with van der Waals surface area (Å²) in [6.45, 7) is 101. The molecule has 0 aliphatic carbocycles. The van der Waals surface area contributed by atoms with Gasteiger partial charge in [-0.05, 0) is 490 Å². The van der Waals surface area contributed by atoms with Crippen LogP contribution in [-0.2, 0) is 90.3 Å². The maximum atomic E-state index is 11.2. The van der Waals surface area contributed by atoms with Crippen LogP contribution in [0.25, 0.3) is 0 Å². The molecule has 4 rings (SSSR count). The molecule has 4 aliphatic rings. The van der Waals surface area contributed by atoms with Gasteiger partial charge in [0.05, 0.1) is 87.0 Å². The fourth-order valence-corrected chi connectivity index (χ4v) is 13.1. The van der Waals surface area contributed by atoms with Gasteiger partial charge in [0.25, 0.3) is 0 Å². The molecule has 0 radical (unpaired) electrons. The third-order valence-electron chi connectivity index (χ3n) is 21.0. The van der Waals surface area contributed by atoms with Crippen molar-refractivity contribution >= 4 is 35.3 Å². The van der Waals surface area contributed by atoms with E-state index in [9.17, 15) is 28.8 Å². The van der Waals surface area contributed by atoms with Crippen LogP contribution in [-0.4, -0.2) is 339 Å². The summed E-state index contributed by atoms with van der Waals surface area (Å²) in [7, 11) is 12.0. The van der Waals surface area contributed by atoms with Crippen molar-refractivity contribution in [3.05, 3.63) is 0 Å². The number of rotatable bonds is 54. The average molecular weight is 2140 g/mol. The van der Waals surface area contributed by atoms with E-state index >= 15 is 0 Å². The fraction of sp³-hybridized carbons (Fsp3) is 0.950. The van der Waals surface area contributed by atoms with Crippen molar-refractivity contribution in [3.63, 3.8) is 0 Å². The van der Waals surface area contributed by atoms with Crippen LogP contribution >= 0.6 is 0 Å². The van der Waals surface area contributed by atoms with Gasteiger partial charge in [0.1, 0.15) is 5.78 Å². The first-order chi connectivity index (χ1) is 68.1. The van der Waals surface area contributed by atoms with Gasteiger partial charge in [0.15, 0.2) is 0 Å². The molecule has 4 fully saturated rings. The molecule has 4 aliphatic heterocycles. The second-order valence-corrected chi connectivity index (χ2v) is 52.2. The second-order valence-electron chi connectivity index (χ2n) is 52.2. The van der Waals surface area contributed by atoms with Crippen LogP contribution in [0.15, 0.2) is 0 Å². The summed E-state index contributed by atoms with van der Waals surface area (Å²) in [5.41, 5.74) is 19.5. The number of likely N-dealkylation sites (tertiary alicyclic amines) is 3. The molecule has 0 aromatic rings. The number of carbonyl (C=O) groups excluding carboxylic acids is 6. The number of amides is 5. The van der Waals surface area contributed by atoms with Crippen molar-refractivity contribution in [1.29, 1.82) is 0 Å². The Hall–Kier alpha value is -3.70. The summed E-state index contributed by atoms with van der Waals surface area (Å²) in [5, 5.41) is 0. The smallest absolute Gasteiger partial charge is 0.222 e. The summed E-state index contributed by atoms with van der Waals surface area (Å²) in [6, 6.07) is 0. The van der Waals surface area contributed by atoms with Gasteiger partial charge in [0.2, 0.25) is 29.5 Å². The molecule has 0 saturated carbocycles. The maximum Gasteiger partial charge on any atom is 0.222 e. The lowest BCUT2D eigenvalue weighted by atomic mass is 10.0. The Balaban J connectivity index is -0.000000243. The van der Waals surface area contributed by atoms with E-state index in [0.717, 1.165) is 201 Å². The highest BCUT2D eigenvalue weighted by atomic mass is 16.5. The van der Waals surface area contributed by atoms with Gasteiger partial charge in [-0.25, -0.2) is 0 Å². The number of unbranched alkanes of at least 4 members (excludes halogenated alkanes) is 9. The summed E-state index contributed by atoms with van der Waals surface area (Å²) >= 11 is 0. The van der Waals surface area contributed by atoms with Crippen LogP contribution in [0.5, 0.6) is 0 Å². The van der Waals surface area contributed by atoms with Gasteiger partial charge in [-0.15, -0.1) is 0 Å². The molecule has 5 amide bonds. The zero-order valence-corrected chi connectivity index (χ0v) is 106. The molecule has 4 heterocycles. The number of nitrogens with two attached hydrogens (primary N) is 4. The van der Waals surface area contributed by atoms with E-state index in [-0.39, 0.29) is 96.7 Å². The molecule has 149 heavy (non-hydrogen) atoms. The minimum absolute atomic E-state index is 0.0122. The Morgan fingerprint density at radius 3 is 0.792 bits per heavy atom. The van der Waals surface area contributed by atoms with Gasteiger partial charge >= 0.3 is 0 Å². The van der Waals surface area contributed by atoms with Crippen LogP contribution in [0.3, 0.4) is 0 Å². The number of nitrogens with zero attached hydrogens (tertiary/aromatic N) is 6. The van der Waals surface area contributed by atoms with Gasteiger partial charge in [-0.3, -0.25) is 28.8 Å². The molecule has 8 N–H and O–H groups in total. The minimum Gasteiger partial charge on any atom is -0.381 e. The molecule has 0 atom stereocenters. The molecule has 0 aromatic heterocycles. The number of Topliss-reactive ketones (excluding diaryl/α,β-unsaturated/α-hetero) is 1. The van der Waals surface area contributed by atoms with Crippen LogP contribution in [0.2, 0.25) is 0 Å². The highest BCUT2D eigenvalue weighted by Gasteiger charge is 2.23. The first-order valence-corrected chi connectivity index (χ1v) is 57.7. The Kier molecular flexibility index (Phi) is 100. The Morgan fingerprint density at radius 2 is 0.490 bits per heavy atom. The second kappa shape index (κ2) is 93.2. The SMILES string of the molecule is CC(C)(C)OCC1CCOCC1.CC(C)(C)OCCC(N)=O.CC(C)(C)OCCCC(N)=O.CC(C)(C)OCCCCC(N)=O.CC(C)(C)OCCCCCC(N)=O.CC(C)(C)OCCCCN1CCCC1.CC(C)(C)OCCCN1CCCC1.CC(C)(C)OCCN1CCCC1.CCC(=O)CCCCCOC(C)(C)C.CN(C)C(=O)CCCCCOC(C)(C)C.CN(C)CCCCOC(C)(C)C.CN(C)CCCOC(C)(C)C. The van der Waals surface area contributed by atoms with E-state index < -0.39 is 0 Å². The summed E-state index contributed by atoms with van der Waals surface area (Å²) in [4.78, 5) is 77.0. The third-order valence-corrected chi connectivity index (χ3v) is 21.0. The molecule has 0 spiro atoms. The molecule has 4 saturated heterocycles. The maximum absolute atomic E-state index is 11.2. The lowest BCUT2D eigenvalue weighted by molar-refractivity contribution is -0.129. The van der Waals surface area contributed by atoms with E-state index in [2.05, 4.69) is 219 Å². The van der Waals surface area contributed by atoms with Crippen molar-refractivity contribution in [3.8, 4) is 0 Å². The van der Waals surface area contributed by atoms with Gasteiger partial charge < -0.3 is 114 Å². The molecule has 29 heteroatoms. The van der Waals surface area contributed by atoms with E-state index in [4.69, 9.17) is 84.5 Å². The Labute approximate surface area is 921 Å². The van der Waals surface area contributed by atoms with Crippen LogP contribution in [0.4, 0.5) is 0 Å². The van der Waals surface area contributed by atoms with Crippen LogP contribution in [0.1, 0.15) is 468 Å². The number of primary amides is 4. The van der Waals surface area contributed by atoms with Gasteiger partial charge in [-0.1, -0.05) is 26.2 Å². The van der Waals surface area contributed by atoms with E-state index in [0.29, 0.717) is 70.5 Å². The molecular formula is C120H254N10O19. The number of hydrogen-bond donors (Lipinski definition) is 4. The first-order valence-electron chi connectivity index (χ1n) is 57.7. The lowest BCUT2D eigenvalue weighted by Crippen LogP contribution is -2.28. The fourth-order valence-electron chi connectivity index (χ4n) is 13.1. The van der Waals surface area contributed by atoms with E-state index in [1.165, 1.54) is 117 Å². The Bertz CT molecular complexity index is 3020.